The molecule has 3 rings (SSSR count). The van der Waals surface area contributed by atoms with Crippen LogP contribution in [0.3, 0.4) is 0 Å². The molecule has 0 aliphatic carbocycles. The summed E-state index contributed by atoms with van der Waals surface area (Å²) in [6.07, 6.45) is 2.48. The van der Waals surface area contributed by atoms with Gasteiger partial charge in [-0.3, -0.25) is 9.69 Å². The van der Waals surface area contributed by atoms with Gasteiger partial charge in [0.2, 0.25) is 0 Å². The molecule has 1 aliphatic rings. The van der Waals surface area contributed by atoms with E-state index in [2.05, 4.69) is 31.2 Å². The Morgan fingerprint density at radius 2 is 1.75 bits per heavy atom. The van der Waals surface area contributed by atoms with Crippen molar-refractivity contribution in [3.8, 4) is 0 Å². The summed E-state index contributed by atoms with van der Waals surface area (Å²) in [4.78, 5) is 13.7. The summed E-state index contributed by atoms with van der Waals surface area (Å²) < 4.78 is 13.3. The van der Waals surface area contributed by atoms with Crippen LogP contribution in [0.1, 0.15) is 42.5 Å². The van der Waals surface area contributed by atoms with Crippen molar-refractivity contribution in [1.82, 2.24) is 4.90 Å². The number of aryl methyl sites for hydroxylation is 1. The molecule has 0 saturated carbocycles. The van der Waals surface area contributed by atoms with Gasteiger partial charge >= 0.3 is 5.97 Å². The molecule has 1 heterocycles. The topological polar surface area (TPSA) is 40.5 Å². The van der Waals surface area contributed by atoms with Crippen molar-refractivity contribution >= 4 is 5.97 Å². The SMILES string of the molecule is CCc1ccc(C(c2ccc(F)cc2)N2CCCC2C(=O)O)cc1. The zero-order valence-corrected chi connectivity index (χ0v) is 13.8. The van der Waals surface area contributed by atoms with E-state index in [1.807, 2.05) is 4.90 Å². The van der Waals surface area contributed by atoms with Gasteiger partial charge in [0.1, 0.15) is 11.9 Å². The van der Waals surface area contributed by atoms with Crippen molar-refractivity contribution in [1.29, 1.82) is 0 Å². The van der Waals surface area contributed by atoms with Gasteiger partial charge < -0.3 is 5.11 Å². The number of nitrogens with zero attached hydrogens (tertiary/aromatic N) is 1. The van der Waals surface area contributed by atoms with Crippen LogP contribution < -0.4 is 0 Å². The van der Waals surface area contributed by atoms with Gasteiger partial charge in [0.05, 0.1) is 6.04 Å². The van der Waals surface area contributed by atoms with Crippen LogP contribution >= 0.6 is 0 Å². The Morgan fingerprint density at radius 1 is 1.17 bits per heavy atom. The predicted molar refractivity (Wildman–Crippen MR) is 91.4 cm³/mol. The lowest BCUT2D eigenvalue weighted by Crippen LogP contribution is -2.39. The van der Waals surface area contributed by atoms with Crippen molar-refractivity contribution < 1.29 is 14.3 Å². The lowest BCUT2D eigenvalue weighted by atomic mass is 9.95. The number of hydrogen-bond acceptors (Lipinski definition) is 2. The van der Waals surface area contributed by atoms with Crippen LogP contribution in [0.4, 0.5) is 4.39 Å². The van der Waals surface area contributed by atoms with Crippen molar-refractivity contribution in [2.24, 2.45) is 0 Å². The van der Waals surface area contributed by atoms with Gasteiger partial charge in [-0.1, -0.05) is 43.3 Å². The fraction of sp³-hybridized carbons (Fsp3) is 0.350. The van der Waals surface area contributed by atoms with Crippen molar-refractivity contribution in [2.45, 2.75) is 38.3 Å². The standard InChI is InChI=1S/C20H22FNO2/c1-2-14-5-7-15(8-6-14)19(16-9-11-17(21)12-10-16)22-13-3-4-18(22)20(23)24/h5-12,18-19H,2-4,13H2,1H3,(H,23,24). The van der Waals surface area contributed by atoms with E-state index in [0.29, 0.717) is 6.42 Å². The second kappa shape index (κ2) is 7.14. The van der Waals surface area contributed by atoms with E-state index >= 15 is 0 Å². The second-order valence-corrected chi connectivity index (χ2v) is 6.28. The molecule has 3 nitrogen and oxygen atoms in total. The highest BCUT2D eigenvalue weighted by Gasteiger charge is 2.36. The van der Waals surface area contributed by atoms with Crippen LogP contribution in [-0.4, -0.2) is 28.6 Å². The molecular formula is C20H22FNO2. The quantitative estimate of drug-likeness (QED) is 0.901. The highest BCUT2D eigenvalue weighted by Crippen LogP contribution is 2.35. The fourth-order valence-corrected chi connectivity index (χ4v) is 3.52. The first-order chi connectivity index (χ1) is 11.6. The lowest BCUT2D eigenvalue weighted by molar-refractivity contribution is -0.142. The molecule has 2 aromatic carbocycles. The average molecular weight is 327 g/mol. The first-order valence-corrected chi connectivity index (χ1v) is 8.43. The van der Waals surface area contributed by atoms with E-state index in [4.69, 9.17) is 0 Å². The Kier molecular flexibility index (Phi) is 4.95. The molecule has 2 aromatic rings. The van der Waals surface area contributed by atoms with Crippen LogP contribution in [0.5, 0.6) is 0 Å². The minimum absolute atomic E-state index is 0.167. The lowest BCUT2D eigenvalue weighted by Gasteiger charge is -2.32. The Morgan fingerprint density at radius 3 is 2.29 bits per heavy atom. The fourth-order valence-electron chi connectivity index (χ4n) is 3.52. The van der Waals surface area contributed by atoms with E-state index < -0.39 is 12.0 Å². The molecule has 4 heteroatoms. The normalized spacial score (nSPS) is 19.3. The minimum Gasteiger partial charge on any atom is -0.480 e. The molecule has 1 aliphatic heterocycles. The van der Waals surface area contributed by atoms with E-state index in [1.165, 1.54) is 17.7 Å². The van der Waals surface area contributed by atoms with E-state index in [-0.39, 0.29) is 11.9 Å². The van der Waals surface area contributed by atoms with E-state index in [0.717, 1.165) is 30.5 Å². The van der Waals surface area contributed by atoms with Gasteiger partial charge in [0.25, 0.3) is 0 Å². The third kappa shape index (κ3) is 3.34. The van der Waals surface area contributed by atoms with Gasteiger partial charge in [0.15, 0.2) is 0 Å². The van der Waals surface area contributed by atoms with Gasteiger partial charge in [-0.15, -0.1) is 0 Å². The molecular weight excluding hydrogens is 305 g/mol. The summed E-state index contributed by atoms with van der Waals surface area (Å²) >= 11 is 0. The second-order valence-electron chi connectivity index (χ2n) is 6.28. The van der Waals surface area contributed by atoms with Crippen LogP contribution in [-0.2, 0) is 11.2 Å². The first-order valence-electron chi connectivity index (χ1n) is 8.43. The van der Waals surface area contributed by atoms with Crippen molar-refractivity contribution in [3.05, 3.63) is 71.0 Å². The van der Waals surface area contributed by atoms with Crippen LogP contribution in [0.25, 0.3) is 0 Å². The number of rotatable bonds is 5. The molecule has 1 saturated heterocycles. The number of likely N-dealkylation sites (tertiary alicyclic amines) is 1. The van der Waals surface area contributed by atoms with Crippen LogP contribution in [0.15, 0.2) is 48.5 Å². The molecule has 0 amide bonds. The van der Waals surface area contributed by atoms with E-state index in [1.54, 1.807) is 12.1 Å². The summed E-state index contributed by atoms with van der Waals surface area (Å²) in [6, 6.07) is 14.0. The largest absolute Gasteiger partial charge is 0.480 e. The monoisotopic (exact) mass is 327 g/mol. The molecule has 0 aromatic heterocycles. The van der Waals surface area contributed by atoms with Crippen LogP contribution in [0.2, 0.25) is 0 Å². The Hall–Kier alpha value is -2.20. The van der Waals surface area contributed by atoms with Crippen molar-refractivity contribution in [2.75, 3.05) is 6.54 Å². The molecule has 0 radical (unpaired) electrons. The van der Waals surface area contributed by atoms with Crippen molar-refractivity contribution in [3.63, 3.8) is 0 Å². The zero-order valence-electron chi connectivity index (χ0n) is 13.8. The Bertz CT molecular complexity index is 697. The number of carboxylic acids is 1. The maximum absolute atomic E-state index is 13.3. The predicted octanol–water partition coefficient (Wildman–Crippen LogP) is 4.03. The summed E-state index contributed by atoms with van der Waals surface area (Å²) in [5, 5.41) is 9.55. The third-order valence-corrected chi connectivity index (χ3v) is 4.80. The van der Waals surface area contributed by atoms with Gasteiger partial charge in [-0.2, -0.15) is 0 Å². The molecule has 0 bridgehead atoms. The number of halogens is 1. The number of hydrogen-bond donors (Lipinski definition) is 1. The summed E-state index contributed by atoms with van der Waals surface area (Å²) in [7, 11) is 0. The Balaban J connectivity index is 2.02. The van der Waals surface area contributed by atoms with Gasteiger partial charge in [0, 0.05) is 6.54 Å². The summed E-state index contributed by atoms with van der Waals surface area (Å²) in [5.41, 5.74) is 3.22. The molecule has 24 heavy (non-hydrogen) atoms. The number of benzene rings is 2. The minimum atomic E-state index is -0.787. The number of aliphatic carboxylic acids is 1. The molecule has 2 atom stereocenters. The summed E-state index contributed by atoms with van der Waals surface area (Å²) in [5.74, 6) is -1.07. The van der Waals surface area contributed by atoms with Gasteiger partial charge in [-0.25, -0.2) is 4.39 Å². The first kappa shape index (κ1) is 16.7. The number of carbonyl (C=O) groups is 1. The smallest absolute Gasteiger partial charge is 0.320 e. The van der Waals surface area contributed by atoms with E-state index in [9.17, 15) is 14.3 Å². The van der Waals surface area contributed by atoms with Gasteiger partial charge in [-0.05, 0) is 48.1 Å². The molecule has 2 unspecified atom stereocenters. The highest BCUT2D eigenvalue weighted by atomic mass is 19.1. The molecule has 1 fully saturated rings. The number of carboxylic acid groups (broad SMARTS) is 1. The maximum Gasteiger partial charge on any atom is 0.320 e. The Labute approximate surface area is 141 Å². The molecule has 1 N–H and O–H groups in total. The third-order valence-electron chi connectivity index (χ3n) is 4.80. The average Bonchev–Trinajstić information content (AvgIpc) is 3.07. The molecule has 0 spiro atoms. The highest BCUT2D eigenvalue weighted by molar-refractivity contribution is 5.74. The molecule has 126 valence electrons. The maximum atomic E-state index is 13.3. The summed E-state index contributed by atoms with van der Waals surface area (Å²) in [6.45, 7) is 2.84. The zero-order chi connectivity index (χ0) is 17.1. The van der Waals surface area contributed by atoms with Crippen LogP contribution in [0, 0.1) is 5.82 Å².